The maximum absolute atomic E-state index is 13.5. The van der Waals surface area contributed by atoms with Gasteiger partial charge in [0, 0.05) is 23.9 Å². The van der Waals surface area contributed by atoms with Gasteiger partial charge in [0.25, 0.3) is 5.91 Å². The Labute approximate surface area is 197 Å². The lowest BCUT2D eigenvalue weighted by atomic mass is 10.1. The molecular formula is C25H24FN3OS2. The minimum Gasteiger partial charge on any atom is -0.293 e. The van der Waals surface area contributed by atoms with E-state index in [2.05, 4.69) is 6.92 Å². The number of unbranched alkanes of at least 4 members (excludes halogenated alkanes) is 3. The first-order chi connectivity index (χ1) is 15.6. The zero-order chi connectivity index (χ0) is 22.5. The van der Waals surface area contributed by atoms with Gasteiger partial charge in [-0.3, -0.25) is 9.69 Å². The van der Waals surface area contributed by atoms with E-state index in [-0.39, 0.29) is 11.7 Å². The minimum atomic E-state index is -0.304. The molecule has 4 rings (SSSR count). The molecule has 4 nitrogen and oxygen atoms in total. The first-order valence-electron chi connectivity index (χ1n) is 10.7. The van der Waals surface area contributed by atoms with Crippen LogP contribution in [-0.2, 0) is 4.79 Å². The number of para-hydroxylation sites is 1. The predicted octanol–water partition coefficient (Wildman–Crippen LogP) is 6.46. The highest BCUT2D eigenvalue weighted by atomic mass is 32.2. The molecule has 2 heterocycles. The molecule has 7 heteroatoms. The molecule has 0 spiro atoms. The second-order valence-corrected chi connectivity index (χ2v) is 9.29. The SMILES string of the molecule is CCCCCCN1C(=O)C(=Cc2cn(-c3ccccc3)nc2-c2ccc(F)cc2)SC1=S. The van der Waals surface area contributed by atoms with Gasteiger partial charge in [-0.1, -0.05) is 68.4 Å². The van der Waals surface area contributed by atoms with Crippen LogP contribution in [0.2, 0.25) is 0 Å². The molecule has 1 saturated heterocycles. The topological polar surface area (TPSA) is 38.1 Å². The van der Waals surface area contributed by atoms with Crippen molar-refractivity contribution < 1.29 is 9.18 Å². The van der Waals surface area contributed by atoms with Crippen molar-refractivity contribution in [3.63, 3.8) is 0 Å². The molecular weight excluding hydrogens is 441 g/mol. The first kappa shape index (κ1) is 22.4. The molecule has 32 heavy (non-hydrogen) atoms. The van der Waals surface area contributed by atoms with Crippen molar-refractivity contribution in [1.29, 1.82) is 0 Å². The summed E-state index contributed by atoms with van der Waals surface area (Å²) in [7, 11) is 0. The van der Waals surface area contributed by atoms with E-state index in [1.54, 1.807) is 21.7 Å². The van der Waals surface area contributed by atoms with Crippen LogP contribution in [0.3, 0.4) is 0 Å². The molecule has 3 aromatic rings. The Balaban J connectivity index is 1.67. The van der Waals surface area contributed by atoms with E-state index in [1.165, 1.54) is 23.9 Å². The summed E-state index contributed by atoms with van der Waals surface area (Å²) in [6.07, 6.45) is 8.07. The Bertz CT molecular complexity index is 1140. The summed E-state index contributed by atoms with van der Waals surface area (Å²) in [6.45, 7) is 2.81. The zero-order valence-corrected chi connectivity index (χ0v) is 19.5. The molecule has 164 valence electrons. The summed E-state index contributed by atoms with van der Waals surface area (Å²) < 4.78 is 15.9. The lowest BCUT2D eigenvalue weighted by molar-refractivity contribution is -0.122. The van der Waals surface area contributed by atoms with Crippen LogP contribution in [0.5, 0.6) is 0 Å². The lowest BCUT2D eigenvalue weighted by Crippen LogP contribution is -2.29. The predicted molar refractivity (Wildman–Crippen MR) is 133 cm³/mol. The second-order valence-electron chi connectivity index (χ2n) is 7.61. The maximum Gasteiger partial charge on any atom is 0.266 e. The minimum absolute atomic E-state index is 0.0611. The molecule has 0 saturated carbocycles. The Hall–Kier alpha value is -2.77. The van der Waals surface area contributed by atoms with Gasteiger partial charge in [0.1, 0.15) is 10.1 Å². The standard InChI is InChI=1S/C25H24FN3OS2/c1-2-3-4-8-15-28-24(30)22(32-25(28)31)16-19-17-29(21-9-6-5-7-10-21)27-23(19)18-11-13-20(26)14-12-18/h5-7,9-14,16-17H,2-4,8,15H2,1H3. The van der Waals surface area contributed by atoms with Crippen LogP contribution in [0.25, 0.3) is 23.0 Å². The van der Waals surface area contributed by atoms with Crippen LogP contribution in [0, 0.1) is 5.82 Å². The third-order valence-corrected chi connectivity index (χ3v) is 6.65. The number of carbonyl (C=O) groups is 1. The third kappa shape index (κ3) is 5.00. The fourth-order valence-corrected chi connectivity index (χ4v) is 4.87. The van der Waals surface area contributed by atoms with E-state index >= 15 is 0 Å². The Morgan fingerprint density at radius 1 is 1.06 bits per heavy atom. The third-order valence-electron chi connectivity index (χ3n) is 5.28. The number of nitrogens with zero attached hydrogens (tertiary/aromatic N) is 3. The van der Waals surface area contributed by atoms with Crippen molar-refractivity contribution in [2.75, 3.05) is 6.54 Å². The molecule has 0 radical (unpaired) electrons. The van der Waals surface area contributed by atoms with Gasteiger partial charge in [0.15, 0.2) is 0 Å². The fraction of sp³-hybridized carbons (Fsp3) is 0.240. The summed E-state index contributed by atoms with van der Waals surface area (Å²) in [4.78, 5) is 15.3. The summed E-state index contributed by atoms with van der Waals surface area (Å²) >= 11 is 6.80. The lowest BCUT2D eigenvalue weighted by Gasteiger charge is -2.13. The molecule has 2 aromatic carbocycles. The van der Waals surface area contributed by atoms with Crippen LogP contribution >= 0.6 is 24.0 Å². The highest BCUT2D eigenvalue weighted by Gasteiger charge is 2.32. The smallest absolute Gasteiger partial charge is 0.266 e. The molecule has 0 bridgehead atoms. The van der Waals surface area contributed by atoms with Gasteiger partial charge in [-0.25, -0.2) is 9.07 Å². The number of aromatic nitrogens is 2. The number of benzene rings is 2. The van der Waals surface area contributed by atoms with Crippen LogP contribution in [-0.4, -0.2) is 31.5 Å². The van der Waals surface area contributed by atoms with E-state index in [4.69, 9.17) is 17.3 Å². The monoisotopic (exact) mass is 465 g/mol. The van der Waals surface area contributed by atoms with Crippen molar-refractivity contribution in [3.05, 3.63) is 77.1 Å². The average molecular weight is 466 g/mol. The van der Waals surface area contributed by atoms with Crippen molar-refractivity contribution in [3.8, 4) is 16.9 Å². The first-order valence-corrected chi connectivity index (χ1v) is 12.0. The van der Waals surface area contributed by atoms with E-state index < -0.39 is 0 Å². The second kappa shape index (κ2) is 10.2. The molecule has 0 atom stereocenters. The van der Waals surface area contributed by atoms with Crippen molar-refractivity contribution >= 4 is 40.3 Å². The van der Waals surface area contributed by atoms with Crippen molar-refractivity contribution in [1.82, 2.24) is 14.7 Å². The number of hydrogen-bond donors (Lipinski definition) is 0. The molecule has 1 aromatic heterocycles. The number of hydrogen-bond acceptors (Lipinski definition) is 4. The van der Waals surface area contributed by atoms with Crippen LogP contribution < -0.4 is 0 Å². The molecule has 1 aliphatic heterocycles. The van der Waals surface area contributed by atoms with Gasteiger partial charge in [-0.05, 0) is 48.9 Å². The molecule has 1 amide bonds. The number of carbonyl (C=O) groups excluding carboxylic acids is 1. The number of rotatable bonds is 8. The Morgan fingerprint density at radius 3 is 2.53 bits per heavy atom. The number of amides is 1. The molecule has 1 fully saturated rings. The average Bonchev–Trinajstić information content (AvgIpc) is 3.34. The highest BCUT2D eigenvalue weighted by Crippen LogP contribution is 2.35. The zero-order valence-electron chi connectivity index (χ0n) is 17.8. The van der Waals surface area contributed by atoms with Gasteiger partial charge >= 0.3 is 0 Å². The van der Waals surface area contributed by atoms with Crippen LogP contribution in [0.1, 0.15) is 38.2 Å². The number of halogens is 1. The fourth-order valence-electron chi connectivity index (χ4n) is 3.57. The number of thiocarbonyl (C=S) groups is 1. The maximum atomic E-state index is 13.5. The summed E-state index contributed by atoms with van der Waals surface area (Å²) in [5, 5.41) is 4.74. The largest absolute Gasteiger partial charge is 0.293 e. The van der Waals surface area contributed by atoms with Gasteiger partial charge in [-0.2, -0.15) is 5.10 Å². The summed E-state index contributed by atoms with van der Waals surface area (Å²) in [6, 6.07) is 16.0. The van der Waals surface area contributed by atoms with Gasteiger partial charge in [-0.15, -0.1) is 0 Å². The number of thioether (sulfide) groups is 1. The summed E-state index contributed by atoms with van der Waals surface area (Å²) in [5.74, 6) is -0.365. The quantitative estimate of drug-likeness (QED) is 0.217. The van der Waals surface area contributed by atoms with E-state index in [1.807, 2.05) is 42.6 Å². The molecule has 1 aliphatic rings. The highest BCUT2D eigenvalue weighted by molar-refractivity contribution is 8.26. The Kier molecular flexibility index (Phi) is 7.17. The van der Waals surface area contributed by atoms with Crippen LogP contribution in [0.4, 0.5) is 4.39 Å². The van der Waals surface area contributed by atoms with Crippen molar-refractivity contribution in [2.24, 2.45) is 0 Å². The normalized spacial score (nSPS) is 15.2. The van der Waals surface area contributed by atoms with Gasteiger partial charge in [0.05, 0.1) is 16.3 Å². The van der Waals surface area contributed by atoms with E-state index in [9.17, 15) is 9.18 Å². The van der Waals surface area contributed by atoms with Gasteiger partial charge < -0.3 is 0 Å². The molecule has 0 unspecified atom stereocenters. The van der Waals surface area contributed by atoms with E-state index in [0.717, 1.165) is 42.5 Å². The Morgan fingerprint density at radius 2 is 1.81 bits per heavy atom. The van der Waals surface area contributed by atoms with E-state index in [0.29, 0.717) is 21.5 Å². The summed E-state index contributed by atoms with van der Waals surface area (Å²) in [5.41, 5.74) is 3.15. The molecule has 0 N–H and O–H groups in total. The molecule has 0 aliphatic carbocycles. The van der Waals surface area contributed by atoms with Crippen molar-refractivity contribution in [2.45, 2.75) is 32.6 Å². The van der Waals surface area contributed by atoms with Gasteiger partial charge in [0.2, 0.25) is 0 Å². The van der Waals surface area contributed by atoms with Crippen LogP contribution in [0.15, 0.2) is 65.7 Å².